The molecule has 0 aliphatic heterocycles. The van der Waals surface area contributed by atoms with Crippen molar-refractivity contribution >= 4 is 19.8 Å². The van der Waals surface area contributed by atoms with Crippen LogP contribution in [0.5, 0.6) is 0 Å². The van der Waals surface area contributed by atoms with E-state index >= 15 is 0 Å². The standard InChI is InChI=1S/C44H82NO8P/c1-6-8-10-12-14-16-18-20-22-24-26-28-30-32-34-36-43(46)50-40-42(41-52-54(48,49)51-39-38-45(3,4)5)53-44(47)37-35-33-31-29-27-25-23-21-19-17-15-13-11-9-7-2/h17,19,21,23-24,26,42H,6-16,18,20,22,25,27-41H2,1-5H3/p+1/b19-17+,23-21+,26-24+/t42-/m1/s1. The highest BCUT2D eigenvalue weighted by Gasteiger charge is 2.27. The molecule has 2 atom stereocenters. The molecule has 0 saturated carbocycles. The zero-order valence-electron chi connectivity index (χ0n) is 35.5. The Hall–Kier alpha value is -1.77. The van der Waals surface area contributed by atoms with Gasteiger partial charge < -0.3 is 18.9 Å². The molecule has 0 bridgehead atoms. The number of likely N-dealkylation sites (N-methyl/N-ethyl adjacent to an activating group) is 1. The maximum Gasteiger partial charge on any atom is 0.472 e. The summed E-state index contributed by atoms with van der Waals surface area (Å²) in [5.41, 5.74) is 0. The molecule has 0 radical (unpaired) electrons. The Morgan fingerprint density at radius 1 is 0.574 bits per heavy atom. The second-order valence-electron chi connectivity index (χ2n) is 15.8. The summed E-state index contributed by atoms with van der Waals surface area (Å²) < 4.78 is 34.2. The topological polar surface area (TPSA) is 108 Å². The Balaban J connectivity index is 4.42. The van der Waals surface area contributed by atoms with Crippen LogP contribution in [0.4, 0.5) is 0 Å². The van der Waals surface area contributed by atoms with Gasteiger partial charge in [-0.1, -0.05) is 140 Å². The lowest BCUT2D eigenvalue weighted by Gasteiger charge is -2.24. The minimum atomic E-state index is -4.38. The van der Waals surface area contributed by atoms with Crippen molar-refractivity contribution in [1.29, 1.82) is 0 Å². The first-order chi connectivity index (χ1) is 26.0. The molecule has 0 fully saturated rings. The zero-order valence-corrected chi connectivity index (χ0v) is 36.3. The predicted molar refractivity (Wildman–Crippen MR) is 224 cm³/mol. The van der Waals surface area contributed by atoms with Crippen LogP contribution in [0.2, 0.25) is 0 Å². The predicted octanol–water partition coefficient (Wildman–Crippen LogP) is 12.1. The van der Waals surface area contributed by atoms with Gasteiger partial charge in [0.15, 0.2) is 6.10 Å². The fourth-order valence-electron chi connectivity index (χ4n) is 5.70. The van der Waals surface area contributed by atoms with Crippen molar-refractivity contribution in [3.63, 3.8) is 0 Å². The van der Waals surface area contributed by atoms with Crippen LogP contribution in [0.25, 0.3) is 0 Å². The third-order valence-corrected chi connectivity index (χ3v) is 10.2. The molecule has 0 aromatic rings. The Bertz CT molecular complexity index is 1020. The van der Waals surface area contributed by atoms with Gasteiger partial charge in [0.05, 0.1) is 27.7 Å². The highest BCUT2D eigenvalue weighted by Crippen LogP contribution is 2.43. The van der Waals surface area contributed by atoms with Crippen molar-refractivity contribution in [2.45, 2.75) is 187 Å². The summed E-state index contributed by atoms with van der Waals surface area (Å²) in [7, 11) is 1.46. The van der Waals surface area contributed by atoms with Gasteiger partial charge in [0, 0.05) is 12.8 Å². The molecule has 0 heterocycles. The van der Waals surface area contributed by atoms with Crippen LogP contribution in [0.1, 0.15) is 181 Å². The highest BCUT2D eigenvalue weighted by atomic mass is 31.2. The molecule has 9 nitrogen and oxygen atoms in total. The van der Waals surface area contributed by atoms with Crippen LogP contribution in [-0.4, -0.2) is 74.9 Å². The normalized spacial score (nSPS) is 14.0. The molecular weight excluding hydrogens is 701 g/mol. The molecule has 10 heteroatoms. The molecule has 1 unspecified atom stereocenters. The summed E-state index contributed by atoms with van der Waals surface area (Å²) in [6, 6.07) is 0. The zero-order chi connectivity index (χ0) is 40.0. The maximum atomic E-state index is 12.7. The second-order valence-corrected chi connectivity index (χ2v) is 17.2. The molecule has 0 spiro atoms. The van der Waals surface area contributed by atoms with E-state index in [2.05, 4.69) is 50.3 Å². The summed E-state index contributed by atoms with van der Waals surface area (Å²) in [5, 5.41) is 0. The smallest absolute Gasteiger partial charge is 0.462 e. The first kappa shape index (κ1) is 52.2. The van der Waals surface area contributed by atoms with Gasteiger partial charge >= 0.3 is 19.8 Å². The molecule has 1 N–H and O–H groups in total. The van der Waals surface area contributed by atoms with Crippen molar-refractivity contribution < 1.29 is 42.1 Å². The lowest BCUT2D eigenvalue weighted by molar-refractivity contribution is -0.870. The second kappa shape index (κ2) is 36.8. The van der Waals surface area contributed by atoms with E-state index in [0.29, 0.717) is 23.9 Å². The van der Waals surface area contributed by atoms with E-state index in [0.717, 1.165) is 64.2 Å². The summed E-state index contributed by atoms with van der Waals surface area (Å²) in [6.07, 6.45) is 40.4. The third kappa shape index (κ3) is 39.9. The van der Waals surface area contributed by atoms with Gasteiger partial charge in [-0.15, -0.1) is 0 Å². The maximum absolute atomic E-state index is 12.7. The Labute approximate surface area is 331 Å². The van der Waals surface area contributed by atoms with Crippen molar-refractivity contribution in [1.82, 2.24) is 0 Å². The van der Waals surface area contributed by atoms with Gasteiger partial charge in [0.25, 0.3) is 0 Å². The minimum Gasteiger partial charge on any atom is -0.462 e. The van der Waals surface area contributed by atoms with Gasteiger partial charge in [-0.2, -0.15) is 0 Å². The molecular formula is C44H83NO8P+. The quantitative estimate of drug-likeness (QED) is 0.0164. The molecule has 0 aromatic carbocycles. The molecule has 0 aliphatic rings. The van der Waals surface area contributed by atoms with Gasteiger partial charge in [-0.05, 0) is 64.2 Å². The monoisotopic (exact) mass is 785 g/mol. The van der Waals surface area contributed by atoms with E-state index in [-0.39, 0.29) is 32.0 Å². The van der Waals surface area contributed by atoms with Crippen molar-refractivity contribution in [3.05, 3.63) is 36.5 Å². The Kier molecular flexibility index (Phi) is 35.6. The van der Waals surface area contributed by atoms with Crippen LogP contribution in [0.3, 0.4) is 0 Å². The number of rotatable bonds is 39. The fourth-order valence-corrected chi connectivity index (χ4v) is 6.45. The molecule has 0 aliphatic carbocycles. The largest absolute Gasteiger partial charge is 0.472 e. The number of nitrogens with zero attached hydrogens (tertiary/aromatic N) is 1. The number of unbranched alkanes of at least 4 members (excludes halogenated alkanes) is 20. The SMILES string of the molecule is CCCCCC/C=C/C=C/CCCCCCCC(=O)O[C@H](COC(=O)CCCCC/C=C/CCCCCCCCCC)COP(=O)(O)OCC[N+](C)(C)C. The summed E-state index contributed by atoms with van der Waals surface area (Å²) >= 11 is 0. The van der Waals surface area contributed by atoms with E-state index < -0.39 is 26.5 Å². The molecule has 0 saturated heterocycles. The van der Waals surface area contributed by atoms with E-state index in [1.165, 1.54) is 77.0 Å². The van der Waals surface area contributed by atoms with Gasteiger partial charge in [0.2, 0.25) is 0 Å². The van der Waals surface area contributed by atoms with Gasteiger partial charge in [0.1, 0.15) is 19.8 Å². The average Bonchev–Trinajstić information content (AvgIpc) is 3.12. The summed E-state index contributed by atoms with van der Waals surface area (Å²) in [5.74, 6) is -0.834. The number of carbonyl (C=O) groups excluding carboxylic acids is 2. The van der Waals surface area contributed by atoms with Crippen molar-refractivity contribution in [2.24, 2.45) is 0 Å². The molecule has 0 aromatic heterocycles. The minimum absolute atomic E-state index is 0.0261. The summed E-state index contributed by atoms with van der Waals surface area (Å²) in [4.78, 5) is 35.3. The number of phosphoric acid groups is 1. The number of phosphoric ester groups is 1. The number of hydrogen-bond acceptors (Lipinski definition) is 7. The van der Waals surface area contributed by atoms with Crippen LogP contribution < -0.4 is 0 Å². The highest BCUT2D eigenvalue weighted by molar-refractivity contribution is 7.47. The first-order valence-electron chi connectivity index (χ1n) is 21.7. The van der Waals surface area contributed by atoms with Gasteiger partial charge in [-0.3, -0.25) is 18.6 Å². The lowest BCUT2D eigenvalue weighted by Crippen LogP contribution is -2.37. The molecule has 0 rings (SSSR count). The Morgan fingerprint density at radius 3 is 1.52 bits per heavy atom. The average molecular weight is 785 g/mol. The molecule has 54 heavy (non-hydrogen) atoms. The van der Waals surface area contributed by atoms with E-state index in [4.69, 9.17) is 18.5 Å². The number of hydrogen-bond donors (Lipinski definition) is 1. The van der Waals surface area contributed by atoms with Crippen molar-refractivity contribution in [2.75, 3.05) is 47.5 Å². The van der Waals surface area contributed by atoms with E-state index in [1.54, 1.807) is 0 Å². The number of quaternary nitrogens is 1. The first-order valence-corrected chi connectivity index (χ1v) is 23.2. The number of ether oxygens (including phenoxy) is 2. The number of esters is 2. The van der Waals surface area contributed by atoms with Crippen LogP contribution in [0.15, 0.2) is 36.5 Å². The third-order valence-electron chi connectivity index (χ3n) is 9.17. The number of carbonyl (C=O) groups is 2. The summed E-state index contributed by atoms with van der Waals surface area (Å²) in [6.45, 7) is 4.36. The van der Waals surface area contributed by atoms with Gasteiger partial charge in [-0.25, -0.2) is 4.57 Å². The lowest BCUT2D eigenvalue weighted by atomic mass is 10.1. The number of allylic oxidation sites excluding steroid dienone is 6. The van der Waals surface area contributed by atoms with E-state index in [9.17, 15) is 19.0 Å². The van der Waals surface area contributed by atoms with Crippen LogP contribution >= 0.6 is 7.82 Å². The van der Waals surface area contributed by atoms with E-state index in [1.807, 2.05) is 21.1 Å². The fraction of sp³-hybridized carbons (Fsp3) is 0.818. The van der Waals surface area contributed by atoms with Crippen LogP contribution in [-0.2, 0) is 32.7 Å². The van der Waals surface area contributed by atoms with Crippen molar-refractivity contribution in [3.8, 4) is 0 Å². The Morgan fingerprint density at radius 2 is 1.00 bits per heavy atom. The molecule has 316 valence electrons. The van der Waals surface area contributed by atoms with Crippen LogP contribution in [0, 0.1) is 0 Å². The molecule has 0 amide bonds.